The summed E-state index contributed by atoms with van der Waals surface area (Å²) in [6.07, 6.45) is -1.29. The van der Waals surface area contributed by atoms with Crippen LogP contribution in [0.15, 0.2) is 12.1 Å². The van der Waals surface area contributed by atoms with Gasteiger partial charge in [0.05, 0.1) is 0 Å². The van der Waals surface area contributed by atoms with Crippen LogP contribution in [0.2, 0.25) is 0 Å². The molecule has 1 saturated heterocycles. The molecule has 1 fully saturated rings. The van der Waals surface area contributed by atoms with Gasteiger partial charge in [-0.05, 0) is 6.07 Å². The van der Waals surface area contributed by atoms with Crippen molar-refractivity contribution in [1.82, 2.24) is 9.80 Å². The number of carboxylic acid groups (broad SMARTS) is 1. The Balaban J connectivity index is 2.15. The summed E-state index contributed by atoms with van der Waals surface area (Å²) in [5, 5.41) is 8.99. The lowest BCUT2D eigenvalue weighted by Crippen LogP contribution is -2.59. The molecule has 6 nitrogen and oxygen atoms in total. The average molecular weight is 317 g/mol. The number of hydrogen-bond donors (Lipinski definition) is 2. The zero-order valence-corrected chi connectivity index (χ0v) is 11.4. The third-order valence-electron chi connectivity index (χ3n) is 3.50. The molecule has 1 aliphatic rings. The Labute approximate surface area is 123 Å². The molecule has 2 rings (SSSR count). The smallest absolute Gasteiger partial charge is 0.408 e. The Morgan fingerprint density at radius 1 is 1.27 bits per heavy atom. The monoisotopic (exact) mass is 317 g/mol. The summed E-state index contributed by atoms with van der Waals surface area (Å²) in [7, 11) is 0. The number of primary amides is 1. The minimum absolute atomic E-state index is 0.0116. The number of nitrogens with two attached hydrogens (primary N) is 1. The second-order valence-corrected chi connectivity index (χ2v) is 4.99. The molecule has 0 aliphatic carbocycles. The van der Waals surface area contributed by atoms with E-state index in [1.54, 1.807) is 0 Å². The number of carbonyl (C=O) groups is 2. The summed E-state index contributed by atoms with van der Waals surface area (Å²) in [6, 6.07) is 0.210. The topological polar surface area (TPSA) is 86.9 Å². The maximum atomic E-state index is 13.6. The second kappa shape index (κ2) is 6.22. The largest absolute Gasteiger partial charge is 0.465 e. The third-order valence-corrected chi connectivity index (χ3v) is 3.50. The molecule has 22 heavy (non-hydrogen) atoms. The van der Waals surface area contributed by atoms with Crippen molar-refractivity contribution in [3.05, 3.63) is 35.1 Å². The van der Waals surface area contributed by atoms with Crippen LogP contribution in [0.3, 0.4) is 0 Å². The van der Waals surface area contributed by atoms with Gasteiger partial charge in [0, 0.05) is 37.8 Å². The molecule has 0 spiro atoms. The summed E-state index contributed by atoms with van der Waals surface area (Å²) in [6.45, 7) is -0.0486. The highest BCUT2D eigenvalue weighted by Gasteiger charge is 2.34. The van der Waals surface area contributed by atoms with Gasteiger partial charge in [-0.15, -0.1) is 0 Å². The van der Waals surface area contributed by atoms with Gasteiger partial charge in [0.25, 0.3) is 0 Å². The molecule has 1 heterocycles. The second-order valence-electron chi connectivity index (χ2n) is 4.99. The van der Waals surface area contributed by atoms with E-state index in [2.05, 4.69) is 0 Å². The Kier molecular flexibility index (Phi) is 4.55. The predicted octanol–water partition coefficient (Wildman–Crippen LogP) is 0.753. The van der Waals surface area contributed by atoms with Gasteiger partial charge in [0.2, 0.25) is 5.91 Å². The fourth-order valence-electron chi connectivity index (χ4n) is 2.42. The first-order chi connectivity index (χ1) is 10.3. The van der Waals surface area contributed by atoms with E-state index in [0.29, 0.717) is 6.07 Å². The molecular weight excluding hydrogens is 303 g/mol. The van der Waals surface area contributed by atoms with Gasteiger partial charge in [0.1, 0.15) is 11.9 Å². The zero-order chi connectivity index (χ0) is 16.4. The molecule has 1 aromatic rings. The Morgan fingerprint density at radius 2 is 1.95 bits per heavy atom. The molecule has 2 amide bonds. The maximum absolute atomic E-state index is 13.6. The number of hydrogen-bond acceptors (Lipinski definition) is 3. The summed E-state index contributed by atoms with van der Waals surface area (Å²) in [5.41, 5.74) is 4.96. The minimum atomic E-state index is -1.30. The Morgan fingerprint density at radius 3 is 2.55 bits per heavy atom. The van der Waals surface area contributed by atoms with Crippen LogP contribution in [0.4, 0.5) is 18.0 Å². The molecular formula is C13H14F3N3O3. The van der Waals surface area contributed by atoms with E-state index in [1.165, 1.54) is 4.90 Å². The van der Waals surface area contributed by atoms with Gasteiger partial charge in [-0.2, -0.15) is 0 Å². The van der Waals surface area contributed by atoms with Gasteiger partial charge in [-0.3, -0.25) is 14.6 Å². The third kappa shape index (κ3) is 3.30. The lowest BCUT2D eigenvalue weighted by Gasteiger charge is -2.38. The highest BCUT2D eigenvalue weighted by molar-refractivity contribution is 5.84. The van der Waals surface area contributed by atoms with Crippen molar-refractivity contribution in [2.45, 2.75) is 12.6 Å². The first kappa shape index (κ1) is 16.1. The molecule has 120 valence electrons. The maximum Gasteiger partial charge on any atom is 0.408 e. The molecule has 1 aromatic carbocycles. The first-order valence-corrected chi connectivity index (χ1v) is 6.44. The zero-order valence-electron chi connectivity index (χ0n) is 11.4. The van der Waals surface area contributed by atoms with Gasteiger partial charge < -0.3 is 10.8 Å². The summed E-state index contributed by atoms with van der Waals surface area (Å²) in [4.78, 5) is 24.8. The number of piperazine rings is 1. The average Bonchev–Trinajstić information content (AvgIpc) is 2.43. The molecule has 0 unspecified atom stereocenters. The fraction of sp³-hybridized carbons (Fsp3) is 0.385. The van der Waals surface area contributed by atoms with Gasteiger partial charge in [-0.1, -0.05) is 0 Å². The first-order valence-electron chi connectivity index (χ1n) is 6.44. The summed E-state index contributed by atoms with van der Waals surface area (Å²) < 4.78 is 40.0. The van der Waals surface area contributed by atoms with Crippen molar-refractivity contribution < 1.29 is 27.9 Å². The molecule has 3 N–H and O–H groups in total. The number of benzene rings is 1. The van der Waals surface area contributed by atoms with E-state index in [0.717, 1.165) is 11.0 Å². The number of carbonyl (C=O) groups excluding carboxylic acids is 1. The highest BCUT2D eigenvalue weighted by atomic mass is 19.2. The van der Waals surface area contributed by atoms with E-state index in [9.17, 15) is 22.8 Å². The van der Waals surface area contributed by atoms with Gasteiger partial charge in [-0.25, -0.2) is 18.0 Å². The van der Waals surface area contributed by atoms with Crippen LogP contribution in [0.5, 0.6) is 0 Å². The fourth-order valence-corrected chi connectivity index (χ4v) is 2.42. The molecule has 0 aromatic heterocycles. The van der Waals surface area contributed by atoms with Crippen LogP contribution >= 0.6 is 0 Å². The van der Waals surface area contributed by atoms with Crippen LogP contribution < -0.4 is 5.73 Å². The van der Waals surface area contributed by atoms with Gasteiger partial charge in [0.15, 0.2) is 11.6 Å². The quantitative estimate of drug-likeness (QED) is 0.806. The van der Waals surface area contributed by atoms with E-state index >= 15 is 0 Å². The molecule has 0 bridgehead atoms. The number of halogens is 3. The summed E-state index contributed by atoms with van der Waals surface area (Å²) >= 11 is 0. The van der Waals surface area contributed by atoms with Crippen molar-refractivity contribution in [2.75, 3.05) is 19.6 Å². The number of rotatable bonds is 3. The van der Waals surface area contributed by atoms with Crippen LogP contribution in [0.25, 0.3) is 0 Å². The molecule has 0 radical (unpaired) electrons. The lowest BCUT2D eigenvalue weighted by atomic mass is 10.1. The van der Waals surface area contributed by atoms with Crippen LogP contribution in [0, 0.1) is 17.5 Å². The van der Waals surface area contributed by atoms with E-state index < -0.39 is 35.5 Å². The lowest BCUT2D eigenvalue weighted by molar-refractivity contribution is -0.124. The highest BCUT2D eigenvalue weighted by Crippen LogP contribution is 2.18. The van der Waals surface area contributed by atoms with E-state index in [-0.39, 0.29) is 31.7 Å². The van der Waals surface area contributed by atoms with Crippen LogP contribution in [-0.2, 0) is 11.3 Å². The van der Waals surface area contributed by atoms with E-state index in [1.807, 2.05) is 0 Å². The normalized spacial score (nSPS) is 19.2. The van der Waals surface area contributed by atoms with Crippen LogP contribution in [-0.4, -0.2) is 52.6 Å². The Hall–Kier alpha value is -2.29. The van der Waals surface area contributed by atoms with Crippen molar-refractivity contribution in [2.24, 2.45) is 5.73 Å². The summed E-state index contributed by atoms with van der Waals surface area (Å²) in [5.74, 6) is -4.22. The van der Waals surface area contributed by atoms with Crippen molar-refractivity contribution >= 4 is 12.0 Å². The van der Waals surface area contributed by atoms with Crippen LogP contribution in [0.1, 0.15) is 5.56 Å². The number of amides is 2. The van der Waals surface area contributed by atoms with Crippen molar-refractivity contribution in [1.29, 1.82) is 0 Å². The number of nitrogens with zero attached hydrogens (tertiary/aromatic N) is 2. The van der Waals surface area contributed by atoms with Crippen molar-refractivity contribution in [3.63, 3.8) is 0 Å². The molecule has 0 saturated carbocycles. The van der Waals surface area contributed by atoms with Crippen molar-refractivity contribution in [3.8, 4) is 0 Å². The molecule has 9 heteroatoms. The minimum Gasteiger partial charge on any atom is -0.465 e. The Bertz CT molecular complexity index is 612. The molecule has 1 aliphatic heterocycles. The van der Waals surface area contributed by atoms with E-state index in [4.69, 9.17) is 10.8 Å². The SMILES string of the molecule is NC(=O)[C@@H]1CN(Cc2cc(F)cc(F)c2F)CCN1C(=O)O. The molecule has 1 atom stereocenters. The standard InChI is InChI=1S/C13H14F3N3O3/c14-8-3-7(11(16)9(15)4-8)5-18-1-2-19(13(21)22)10(6-18)12(17)20/h3-4,10H,1-2,5-6H2,(H2,17,20)(H,21,22)/t10-/m0/s1. The van der Waals surface area contributed by atoms with Gasteiger partial charge >= 0.3 is 6.09 Å². The predicted molar refractivity (Wildman–Crippen MR) is 69.3 cm³/mol.